The molecule has 0 saturated heterocycles. The van der Waals surface area contributed by atoms with Gasteiger partial charge in [-0.3, -0.25) is 4.79 Å². The van der Waals surface area contributed by atoms with Crippen LogP contribution in [0, 0.1) is 0 Å². The predicted molar refractivity (Wildman–Crippen MR) is 134 cm³/mol. The molecule has 1 amide bonds. The fourth-order valence-corrected chi connectivity index (χ4v) is 3.88. The van der Waals surface area contributed by atoms with Crippen LogP contribution in [0.15, 0.2) is 103 Å². The number of carboxylic acids is 1. The van der Waals surface area contributed by atoms with Gasteiger partial charge in [-0.15, -0.1) is 0 Å². The molecule has 0 aromatic heterocycles. The van der Waals surface area contributed by atoms with Crippen LogP contribution in [-0.2, 0) is 9.53 Å². The van der Waals surface area contributed by atoms with E-state index in [0.717, 1.165) is 11.1 Å². The van der Waals surface area contributed by atoms with Crippen LogP contribution in [-0.4, -0.2) is 29.2 Å². The lowest BCUT2D eigenvalue weighted by atomic mass is 9.85. The molecule has 1 atom stereocenters. The van der Waals surface area contributed by atoms with Gasteiger partial charge in [-0.2, -0.15) is 0 Å². The highest BCUT2D eigenvalue weighted by Crippen LogP contribution is 2.35. The predicted octanol–water partition coefficient (Wildman–Crippen LogP) is 5.83. The van der Waals surface area contributed by atoms with Crippen LogP contribution in [0.25, 0.3) is 5.57 Å². The van der Waals surface area contributed by atoms with Crippen LogP contribution in [0.5, 0.6) is 11.5 Å². The molecule has 3 aromatic carbocycles. The largest absolute Gasteiger partial charge is 0.479 e. The fourth-order valence-electron chi connectivity index (χ4n) is 3.88. The summed E-state index contributed by atoms with van der Waals surface area (Å²) < 4.78 is 11.7. The number of hydrogen-bond acceptors (Lipinski definition) is 4. The minimum Gasteiger partial charge on any atom is -0.479 e. The molecule has 0 radical (unpaired) electrons. The van der Waals surface area contributed by atoms with Gasteiger partial charge < -0.3 is 19.9 Å². The summed E-state index contributed by atoms with van der Waals surface area (Å²) in [5.74, 6) is -0.296. The maximum atomic E-state index is 13.1. The highest BCUT2D eigenvalue weighted by molar-refractivity contribution is 5.97. The van der Waals surface area contributed by atoms with Crippen molar-refractivity contribution in [2.45, 2.75) is 25.4 Å². The molecule has 178 valence electrons. The lowest BCUT2D eigenvalue weighted by molar-refractivity contribution is -0.159. The number of amides is 1. The quantitative estimate of drug-likeness (QED) is 0.412. The van der Waals surface area contributed by atoms with E-state index in [2.05, 4.69) is 5.32 Å². The Balaban J connectivity index is 1.62. The van der Waals surface area contributed by atoms with E-state index in [1.165, 1.54) is 6.08 Å². The Morgan fingerprint density at radius 3 is 2.31 bits per heavy atom. The Hall–Kier alpha value is -4.16. The first-order chi connectivity index (χ1) is 17.0. The van der Waals surface area contributed by atoms with Crippen LogP contribution < -0.4 is 10.1 Å². The Morgan fingerprint density at radius 2 is 1.63 bits per heavy atom. The zero-order valence-electron chi connectivity index (χ0n) is 19.4. The molecule has 4 rings (SSSR count). The van der Waals surface area contributed by atoms with E-state index in [-0.39, 0.29) is 18.9 Å². The van der Waals surface area contributed by atoms with Crippen molar-refractivity contribution in [2.24, 2.45) is 0 Å². The summed E-state index contributed by atoms with van der Waals surface area (Å²) in [7, 11) is 0. The van der Waals surface area contributed by atoms with Crippen LogP contribution >= 0.6 is 0 Å². The van der Waals surface area contributed by atoms with Gasteiger partial charge in [0.2, 0.25) is 0 Å². The molecular weight excluding hydrogens is 442 g/mol. The molecule has 0 fully saturated rings. The molecular formula is C29H27NO5. The number of rotatable bonds is 9. The van der Waals surface area contributed by atoms with Crippen molar-refractivity contribution in [3.05, 3.63) is 114 Å². The Labute approximate surface area is 204 Å². The van der Waals surface area contributed by atoms with Crippen molar-refractivity contribution in [1.29, 1.82) is 0 Å². The van der Waals surface area contributed by atoms with Crippen LogP contribution in [0.2, 0.25) is 0 Å². The standard InChI is InChI=1S/C29H27NO5/c1-2-16-34-29(28(32)33)19-23(21-10-5-3-6-11-21)17-24(20-29)30-27(31)22-12-9-15-26(18-22)35-25-13-7-4-8-14-25/h3-15,17-18,20H,2,16,19H2,1H3,(H,30,31)(H,32,33). The van der Waals surface area contributed by atoms with E-state index >= 15 is 0 Å². The number of nitrogens with one attached hydrogen (secondary N) is 1. The Morgan fingerprint density at radius 1 is 0.943 bits per heavy atom. The average molecular weight is 470 g/mol. The van der Waals surface area contributed by atoms with Crippen LogP contribution in [0.1, 0.15) is 35.7 Å². The lowest BCUT2D eigenvalue weighted by Gasteiger charge is -2.32. The van der Waals surface area contributed by atoms with Crippen molar-refractivity contribution in [3.63, 3.8) is 0 Å². The zero-order chi connectivity index (χ0) is 24.7. The second-order valence-corrected chi connectivity index (χ2v) is 8.25. The van der Waals surface area contributed by atoms with E-state index < -0.39 is 11.6 Å². The number of carbonyl (C=O) groups is 2. The van der Waals surface area contributed by atoms with Gasteiger partial charge in [-0.05, 0) is 60.0 Å². The minimum absolute atomic E-state index is 0.159. The molecule has 35 heavy (non-hydrogen) atoms. The first kappa shape index (κ1) is 24.0. The van der Waals surface area contributed by atoms with Gasteiger partial charge in [0.05, 0.1) is 0 Å². The average Bonchev–Trinajstić information content (AvgIpc) is 2.88. The third-order valence-corrected chi connectivity index (χ3v) is 5.57. The molecule has 0 spiro atoms. The Kier molecular flexibility index (Phi) is 7.43. The van der Waals surface area contributed by atoms with E-state index in [9.17, 15) is 14.7 Å². The minimum atomic E-state index is -1.57. The number of aliphatic carboxylic acids is 1. The molecule has 2 N–H and O–H groups in total. The SMILES string of the molecule is CCCOC1(C(=O)O)C=C(NC(=O)c2cccc(Oc3ccccc3)c2)C=C(c2ccccc2)C1. The molecule has 0 saturated carbocycles. The van der Waals surface area contributed by atoms with Crippen molar-refractivity contribution in [1.82, 2.24) is 5.32 Å². The second kappa shape index (κ2) is 10.8. The first-order valence-corrected chi connectivity index (χ1v) is 11.5. The number of benzene rings is 3. The molecule has 0 heterocycles. The highest BCUT2D eigenvalue weighted by atomic mass is 16.5. The summed E-state index contributed by atoms with van der Waals surface area (Å²) in [5, 5.41) is 13.0. The number of hydrogen-bond donors (Lipinski definition) is 2. The van der Waals surface area contributed by atoms with Gasteiger partial charge in [0.15, 0.2) is 5.60 Å². The summed E-state index contributed by atoms with van der Waals surface area (Å²) in [6.45, 7) is 2.20. The first-order valence-electron chi connectivity index (χ1n) is 11.5. The topological polar surface area (TPSA) is 84.9 Å². The smallest absolute Gasteiger partial charge is 0.340 e. The summed E-state index contributed by atoms with van der Waals surface area (Å²) >= 11 is 0. The van der Waals surface area contributed by atoms with Crippen LogP contribution in [0.4, 0.5) is 0 Å². The second-order valence-electron chi connectivity index (χ2n) is 8.25. The van der Waals surface area contributed by atoms with Gasteiger partial charge in [0.25, 0.3) is 5.91 Å². The molecule has 0 bridgehead atoms. The highest BCUT2D eigenvalue weighted by Gasteiger charge is 2.41. The molecule has 1 aliphatic rings. The van der Waals surface area contributed by atoms with E-state index in [1.54, 1.807) is 30.3 Å². The van der Waals surface area contributed by atoms with Crippen molar-refractivity contribution in [2.75, 3.05) is 6.61 Å². The van der Waals surface area contributed by atoms with Gasteiger partial charge in [-0.1, -0.05) is 61.5 Å². The number of allylic oxidation sites excluding steroid dienone is 1. The summed E-state index contributed by atoms with van der Waals surface area (Å²) in [4.78, 5) is 25.5. The molecule has 6 heteroatoms. The summed E-state index contributed by atoms with van der Waals surface area (Å²) in [6.07, 6.45) is 4.11. The third-order valence-electron chi connectivity index (χ3n) is 5.57. The van der Waals surface area contributed by atoms with Crippen molar-refractivity contribution < 1.29 is 24.2 Å². The van der Waals surface area contributed by atoms with E-state index in [0.29, 0.717) is 29.2 Å². The van der Waals surface area contributed by atoms with Gasteiger partial charge in [0.1, 0.15) is 11.5 Å². The van der Waals surface area contributed by atoms with Gasteiger partial charge in [-0.25, -0.2) is 4.79 Å². The monoisotopic (exact) mass is 469 g/mol. The van der Waals surface area contributed by atoms with Crippen molar-refractivity contribution in [3.8, 4) is 11.5 Å². The molecule has 1 unspecified atom stereocenters. The number of para-hydroxylation sites is 1. The maximum Gasteiger partial charge on any atom is 0.340 e. The maximum absolute atomic E-state index is 13.1. The molecule has 0 aliphatic heterocycles. The van der Waals surface area contributed by atoms with Crippen LogP contribution in [0.3, 0.4) is 0 Å². The summed E-state index contributed by atoms with van der Waals surface area (Å²) in [5.41, 5.74) is 0.818. The van der Waals surface area contributed by atoms with Crippen molar-refractivity contribution >= 4 is 17.4 Å². The van der Waals surface area contributed by atoms with E-state index in [1.807, 2.05) is 67.6 Å². The number of ether oxygens (including phenoxy) is 2. The number of carboxylic acid groups (broad SMARTS) is 1. The third kappa shape index (κ3) is 5.86. The van der Waals surface area contributed by atoms with Gasteiger partial charge in [0, 0.05) is 24.3 Å². The fraction of sp³-hybridized carbons (Fsp3) is 0.172. The molecule has 6 nitrogen and oxygen atoms in total. The van der Waals surface area contributed by atoms with Gasteiger partial charge >= 0.3 is 5.97 Å². The molecule has 3 aromatic rings. The lowest BCUT2D eigenvalue weighted by Crippen LogP contribution is -2.43. The number of carbonyl (C=O) groups excluding carboxylic acids is 1. The normalized spacial score (nSPS) is 17.2. The zero-order valence-corrected chi connectivity index (χ0v) is 19.4. The van der Waals surface area contributed by atoms with E-state index in [4.69, 9.17) is 9.47 Å². The Bertz CT molecular complexity index is 1250. The molecule has 1 aliphatic carbocycles. The summed E-state index contributed by atoms with van der Waals surface area (Å²) in [6, 6.07) is 25.6.